The largest absolute Gasteiger partial charge is 0.326 e. The molecule has 0 saturated heterocycles. The van der Waals surface area contributed by atoms with Gasteiger partial charge in [0, 0.05) is 23.2 Å². The average Bonchev–Trinajstić information content (AvgIpc) is 2.70. The van der Waals surface area contributed by atoms with Crippen molar-refractivity contribution >= 4 is 11.3 Å². The van der Waals surface area contributed by atoms with Gasteiger partial charge in [-0.2, -0.15) is 0 Å². The zero-order chi connectivity index (χ0) is 10.8. The summed E-state index contributed by atoms with van der Waals surface area (Å²) in [5, 5.41) is 0.826. The second-order valence-electron chi connectivity index (χ2n) is 3.30. The first-order chi connectivity index (χ1) is 7.20. The highest BCUT2D eigenvalue weighted by Crippen LogP contribution is 2.28. The van der Waals surface area contributed by atoms with Crippen molar-refractivity contribution in [3.63, 3.8) is 0 Å². The smallest absolute Gasteiger partial charge is 0.123 e. The fraction of sp³-hybridized carbons (Fsp3) is 0.182. The molecule has 1 aromatic heterocycles. The molecule has 0 unspecified atom stereocenters. The van der Waals surface area contributed by atoms with E-state index in [2.05, 4.69) is 4.98 Å². The van der Waals surface area contributed by atoms with Crippen LogP contribution in [-0.4, -0.2) is 4.98 Å². The van der Waals surface area contributed by atoms with Crippen molar-refractivity contribution < 1.29 is 4.39 Å². The predicted molar refractivity (Wildman–Crippen MR) is 60.1 cm³/mol. The number of aryl methyl sites for hydroxylation is 1. The number of hydrogen-bond donors (Lipinski definition) is 1. The van der Waals surface area contributed by atoms with Crippen molar-refractivity contribution in [3.05, 3.63) is 40.7 Å². The van der Waals surface area contributed by atoms with E-state index in [9.17, 15) is 4.39 Å². The Kier molecular flexibility index (Phi) is 2.79. The number of aromatic nitrogens is 1. The van der Waals surface area contributed by atoms with Crippen LogP contribution in [-0.2, 0) is 6.54 Å². The van der Waals surface area contributed by atoms with Gasteiger partial charge >= 0.3 is 0 Å². The maximum Gasteiger partial charge on any atom is 0.123 e. The number of nitrogens with two attached hydrogens (primary N) is 1. The van der Waals surface area contributed by atoms with E-state index in [0.717, 1.165) is 21.0 Å². The molecule has 15 heavy (non-hydrogen) atoms. The first-order valence-corrected chi connectivity index (χ1v) is 5.43. The molecule has 2 N–H and O–H groups in total. The summed E-state index contributed by atoms with van der Waals surface area (Å²) in [7, 11) is 0. The van der Waals surface area contributed by atoms with Crippen LogP contribution in [0.1, 0.15) is 10.4 Å². The lowest BCUT2D eigenvalue weighted by atomic mass is 10.1. The molecule has 4 heteroatoms. The van der Waals surface area contributed by atoms with Gasteiger partial charge < -0.3 is 5.73 Å². The summed E-state index contributed by atoms with van der Waals surface area (Å²) in [6.45, 7) is 2.42. The van der Waals surface area contributed by atoms with Crippen LogP contribution in [0.25, 0.3) is 10.6 Å². The van der Waals surface area contributed by atoms with Gasteiger partial charge in [-0.3, -0.25) is 0 Å². The Labute approximate surface area is 91.6 Å². The standard InChI is InChI=1S/C11H11FN2S/c1-7-2-3-8(12)4-10(7)11-14-6-9(5-13)15-11/h2-4,6H,5,13H2,1H3. The van der Waals surface area contributed by atoms with E-state index >= 15 is 0 Å². The first kappa shape index (κ1) is 10.3. The SMILES string of the molecule is Cc1ccc(F)cc1-c1ncc(CN)s1. The minimum absolute atomic E-state index is 0.236. The van der Waals surface area contributed by atoms with Gasteiger partial charge in [-0.05, 0) is 24.6 Å². The van der Waals surface area contributed by atoms with Crippen LogP contribution in [0.3, 0.4) is 0 Å². The minimum atomic E-state index is -0.236. The summed E-state index contributed by atoms with van der Waals surface area (Å²) in [5.74, 6) is -0.236. The van der Waals surface area contributed by atoms with Gasteiger partial charge in [0.2, 0.25) is 0 Å². The Bertz CT molecular complexity index is 479. The third-order valence-corrected chi connectivity index (χ3v) is 3.24. The highest BCUT2D eigenvalue weighted by atomic mass is 32.1. The number of rotatable bonds is 2. The molecule has 1 aromatic carbocycles. The summed E-state index contributed by atoms with van der Waals surface area (Å²) >= 11 is 1.51. The van der Waals surface area contributed by atoms with Crippen LogP contribution in [0, 0.1) is 12.7 Å². The fourth-order valence-corrected chi connectivity index (χ4v) is 2.22. The van der Waals surface area contributed by atoms with Gasteiger partial charge in [-0.25, -0.2) is 9.37 Å². The molecule has 0 atom stereocenters. The lowest BCUT2D eigenvalue weighted by Gasteiger charge is -2.01. The number of thiazole rings is 1. The van der Waals surface area contributed by atoms with E-state index in [1.165, 1.54) is 23.5 Å². The zero-order valence-corrected chi connectivity index (χ0v) is 9.14. The highest BCUT2D eigenvalue weighted by molar-refractivity contribution is 7.15. The summed E-state index contributed by atoms with van der Waals surface area (Å²) in [4.78, 5) is 5.24. The van der Waals surface area contributed by atoms with Crippen molar-refractivity contribution in [2.24, 2.45) is 5.73 Å². The van der Waals surface area contributed by atoms with E-state index in [1.807, 2.05) is 6.92 Å². The second kappa shape index (κ2) is 4.08. The monoisotopic (exact) mass is 222 g/mol. The van der Waals surface area contributed by atoms with Crippen molar-refractivity contribution in [2.75, 3.05) is 0 Å². The molecule has 0 saturated carbocycles. The maximum absolute atomic E-state index is 13.1. The van der Waals surface area contributed by atoms with E-state index in [-0.39, 0.29) is 5.82 Å². The third-order valence-electron chi connectivity index (χ3n) is 2.18. The highest BCUT2D eigenvalue weighted by Gasteiger charge is 2.07. The lowest BCUT2D eigenvalue weighted by molar-refractivity contribution is 0.628. The van der Waals surface area contributed by atoms with Crippen molar-refractivity contribution in [3.8, 4) is 10.6 Å². The Morgan fingerprint density at radius 1 is 1.47 bits per heavy atom. The van der Waals surface area contributed by atoms with Crippen LogP contribution in [0.4, 0.5) is 4.39 Å². The molecule has 2 aromatic rings. The Morgan fingerprint density at radius 2 is 2.27 bits per heavy atom. The van der Waals surface area contributed by atoms with Crippen LogP contribution < -0.4 is 5.73 Å². The molecule has 0 spiro atoms. The van der Waals surface area contributed by atoms with E-state index in [4.69, 9.17) is 5.73 Å². The molecule has 0 amide bonds. The minimum Gasteiger partial charge on any atom is -0.326 e. The summed E-state index contributed by atoms with van der Waals surface area (Å²) < 4.78 is 13.1. The summed E-state index contributed by atoms with van der Waals surface area (Å²) in [6.07, 6.45) is 1.74. The van der Waals surface area contributed by atoms with E-state index < -0.39 is 0 Å². The molecule has 0 bridgehead atoms. The Hall–Kier alpha value is -1.26. The van der Waals surface area contributed by atoms with Gasteiger partial charge in [0.1, 0.15) is 10.8 Å². The molecule has 78 valence electrons. The van der Waals surface area contributed by atoms with Crippen LogP contribution in [0.15, 0.2) is 24.4 Å². The zero-order valence-electron chi connectivity index (χ0n) is 8.33. The van der Waals surface area contributed by atoms with Gasteiger partial charge in [0.25, 0.3) is 0 Å². The van der Waals surface area contributed by atoms with Crippen LogP contribution in [0.2, 0.25) is 0 Å². The Morgan fingerprint density at radius 3 is 2.93 bits per heavy atom. The number of benzene rings is 1. The van der Waals surface area contributed by atoms with Crippen molar-refractivity contribution in [1.29, 1.82) is 0 Å². The molecule has 1 heterocycles. The quantitative estimate of drug-likeness (QED) is 0.848. The molecule has 0 aliphatic heterocycles. The van der Waals surface area contributed by atoms with Crippen molar-refractivity contribution in [2.45, 2.75) is 13.5 Å². The number of hydrogen-bond acceptors (Lipinski definition) is 3. The fourth-order valence-electron chi connectivity index (χ4n) is 1.35. The maximum atomic E-state index is 13.1. The summed E-state index contributed by atoms with van der Waals surface area (Å²) in [6, 6.07) is 4.72. The molecule has 2 nitrogen and oxygen atoms in total. The molecule has 2 rings (SSSR count). The molecule has 0 fully saturated rings. The van der Waals surface area contributed by atoms with E-state index in [0.29, 0.717) is 6.54 Å². The second-order valence-corrected chi connectivity index (χ2v) is 4.41. The normalized spacial score (nSPS) is 10.6. The number of nitrogens with zero attached hydrogens (tertiary/aromatic N) is 1. The van der Waals surface area contributed by atoms with Gasteiger partial charge in [-0.1, -0.05) is 6.07 Å². The van der Waals surface area contributed by atoms with Gasteiger partial charge in [-0.15, -0.1) is 11.3 Å². The predicted octanol–water partition coefficient (Wildman–Crippen LogP) is 2.72. The molecule has 0 aliphatic rings. The number of halogens is 1. The van der Waals surface area contributed by atoms with Crippen LogP contribution in [0.5, 0.6) is 0 Å². The lowest BCUT2D eigenvalue weighted by Crippen LogP contribution is -1.91. The van der Waals surface area contributed by atoms with Crippen molar-refractivity contribution in [1.82, 2.24) is 4.98 Å². The first-order valence-electron chi connectivity index (χ1n) is 4.62. The van der Waals surface area contributed by atoms with Gasteiger partial charge in [0.15, 0.2) is 0 Å². The Balaban J connectivity index is 2.48. The molecule has 0 radical (unpaired) electrons. The molecular formula is C11H11FN2S. The average molecular weight is 222 g/mol. The van der Waals surface area contributed by atoms with E-state index in [1.54, 1.807) is 12.3 Å². The summed E-state index contributed by atoms with van der Waals surface area (Å²) in [5.41, 5.74) is 7.37. The topological polar surface area (TPSA) is 38.9 Å². The van der Waals surface area contributed by atoms with Gasteiger partial charge in [0.05, 0.1) is 0 Å². The van der Waals surface area contributed by atoms with Crippen LogP contribution >= 0.6 is 11.3 Å². The third kappa shape index (κ3) is 2.06. The molecular weight excluding hydrogens is 211 g/mol. The molecule has 0 aliphatic carbocycles.